The van der Waals surface area contributed by atoms with Gasteiger partial charge in [0.1, 0.15) is 11.9 Å². The number of rotatable bonds is 6. The van der Waals surface area contributed by atoms with E-state index in [1.807, 2.05) is 6.07 Å². The van der Waals surface area contributed by atoms with Gasteiger partial charge < -0.3 is 14.8 Å². The molecule has 1 saturated heterocycles. The van der Waals surface area contributed by atoms with E-state index in [0.717, 1.165) is 30.8 Å². The Morgan fingerprint density at radius 1 is 1.56 bits per heavy atom. The summed E-state index contributed by atoms with van der Waals surface area (Å²) in [5, 5.41) is 3.36. The molecule has 1 aliphatic rings. The molecule has 1 aliphatic heterocycles. The van der Waals surface area contributed by atoms with E-state index in [2.05, 4.69) is 17.2 Å². The van der Waals surface area contributed by atoms with Crippen LogP contribution in [0.4, 0.5) is 0 Å². The third-order valence-corrected chi connectivity index (χ3v) is 2.51. The Hall–Kier alpha value is -1.13. The van der Waals surface area contributed by atoms with Crippen molar-refractivity contribution in [2.45, 2.75) is 26.0 Å². The molecule has 0 saturated carbocycles. The highest BCUT2D eigenvalue weighted by Crippen LogP contribution is 2.20. The van der Waals surface area contributed by atoms with Crippen molar-refractivity contribution in [2.75, 3.05) is 19.8 Å². The van der Waals surface area contributed by atoms with Crippen molar-refractivity contribution in [1.82, 2.24) is 10.3 Å². The molecular formula is C12H18N2O2. The summed E-state index contributed by atoms with van der Waals surface area (Å²) < 4.78 is 10.9. The van der Waals surface area contributed by atoms with E-state index in [4.69, 9.17) is 9.47 Å². The van der Waals surface area contributed by atoms with E-state index in [9.17, 15) is 0 Å². The molecule has 0 unspecified atom stereocenters. The zero-order chi connectivity index (χ0) is 11.2. The van der Waals surface area contributed by atoms with Gasteiger partial charge in [0.15, 0.2) is 0 Å². The maximum absolute atomic E-state index is 5.78. The van der Waals surface area contributed by atoms with Crippen LogP contribution in [0.3, 0.4) is 0 Å². The van der Waals surface area contributed by atoms with Gasteiger partial charge in [0.05, 0.1) is 19.4 Å². The van der Waals surface area contributed by atoms with Crippen LogP contribution in [-0.4, -0.2) is 30.8 Å². The van der Waals surface area contributed by atoms with Gasteiger partial charge in [0.2, 0.25) is 0 Å². The van der Waals surface area contributed by atoms with Crippen molar-refractivity contribution >= 4 is 0 Å². The van der Waals surface area contributed by atoms with Gasteiger partial charge in [0, 0.05) is 18.3 Å². The maximum atomic E-state index is 5.78. The fourth-order valence-corrected chi connectivity index (χ4v) is 1.52. The van der Waals surface area contributed by atoms with Crippen LogP contribution in [-0.2, 0) is 11.3 Å². The molecule has 0 atom stereocenters. The topological polar surface area (TPSA) is 43.4 Å². The highest BCUT2D eigenvalue weighted by molar-refractivity contribution is 5.30. The highest BCUT2D eigenvalue weighted by atomic mass is 16.6. The monoisotopic (exact) mass is 222 g/mol. The lowest BCUT2D eigenvalue weighted by atomic mass is 10.2. The molecule has 0 amide bonds. The van der Waals surface area contributed by atoms with Gasteiger partial charge in [0.25, 0.3) is 0 Å². The summed E-state index contributed by atoms with van der Waals surface area (Å²) in [5.74, 6) is 0.874. The first-order valence-electron chi connectivity index (χ1n) is 5.78. The van der Waals surface area contributed by atoms with Crippen LogP contribution in [0.15, 0.2) is 18.5 Å². The van der Waals surface area contributed by atoms with Crippen molar-refractivity contribution in [1.29, 1.82) is 0 Å². The van der Waals surface area contributed by atoms with E-state index in [0.29, 0.717) is 13.2 Å². The van der Waals surface area contributed by atoms with Crippen molar-refractivity contribution in [2.24, 2.45) is 0 Å². The molecule has 0 bridgehead atoms. The van der Waals surface area contributed by atoms with Gasteiger partial charge in [-0.05, 0) is 19.0 Å². The third-order valence-electron chi connectivity index (χ3n) is 2.51. The number of aromatic nitrogens is 1. The second-order valence-electron chi connectivity index (χ2n) is 3.94. The molecule has 0 aromatic carbocycles. The summed E-state index contributed by atoms with van der Waals surface area (Å²) in [4.78, 5) is 4.09. The normalized spacial score (nSPS) is 15.8. The summed E-state index contributed by atoms with van der Waals surface area (Å²) in [5.41, 5.74) is 1.16. The minimum absolute atomic E-state index is 0.203. The van der Waals surface area contributed by atoms with Crippen LogP contribution in [0.2, 0.25) is 0 Å². The molecular weight excluding hydrogens is 204 g/mol. The van der Waals surface area contributed by atoms with Crippen molar-refractivity contribution in [3.8, 4) is 5.75 Å². The first-order chi connectivity index (χ1) is 7.90. The number of hydrogen-bond donors (Lipinski definition) is 1. The fourth-order valence-electron chi connectivity index (χ4n) is 1.52. The smallest absolute Gasteiger partial charge is 0.145 e. The summed E-state index contributed by atoms with van der Waals surface area (Å²) in [6.45, 7) is 5.39. The SMILES string of the molecule is CCCNCc1ccncc1OC1COC1. The first-order valence-corrected chi connectivity index (χ1v) is 5.78. The van der Waals surface area contributed by atoms with Crippen LogP contribution in [0, 0.1) is 0 Å². The average Bonchev–Trinajstić information content (AvgIpc) is 2.25. The Morgan fingerprint density at radius 2 is 2.44 bits per heavy atom. The van der Waals surface area contributed by atoms with Crippen molar-refractivity contribution in [3.63, 3.8) is 0 Å². The second-order valence-corrected chi connectivity index (χ2v) is 3.94. The maximum Gasteiger partial charge on any atom is 0.145 e. The Labute approximate surface area is 96.0 Å². The predicted molar refractivity (Wildman–Crippen MR) is 61.5 cm³/mol. The molecule has 16 heavy (non-hydrogen) atoms. The Balaban J connectivity index is 1.92. The molecule has 1 N–H and O–H groups in total. The predicted octanol–water partition coefficient (Wildman–Crippen LogP) is 1.36. The summed E-state index contributed by atoms with van der Waals surface area (Å²) in [6.07, 6.45) is 4.92. The molecule has 88 valence electrons. The van der Waals surface area contributed by atoms with Crippen LogP contribution in [0.25, 0.3) is 0 Å². The van der Waals surface area contributed by atoms with Crippen LogP contribution >= 0.6 is 0 Å². The Bertz CT molecular complexity index is 327. The lowest BCUT2D eigenvalue weighted by Gasteiger charge is -2.27. The number of pyridine rings is 1. The van der Waals surface area contributed by atoms with E-state index in [1.165, 1.54) is 0 Å². The van der Waals surface area contributed by atoms with Gasteiger partial charge in [-0.25, -0.2) is 0 Å². The van der Waals surface area contributed by atoms with Gasteiger partial charge in [-0.2, -0.15) is 0 Å². The molecule has 4 nitrogen and oxygen atoms in total. The lowest BCUT2D eigenvalue weighted by molar-refractivity contribution is -0.0801. The van der Waals surface area contributed by atoms with Gasteiger partial charge >= 0.3 is 0 Å². The molecule has 4 heteroatoms. The molecule has 0 aliphatic carbocycles. The summed E-state index contributed by atoms with van der Waals surface area (Å²) in [7, 11) is 0. The van der Waals surface area contributed by atoms with E-state index in [-0.39, 0.29) is 6.10 Å². The zero-order valence-electron chi connectivity index (χ0n) is 9.61. The molecule has 0 radical (unpaired) electrons. The lowest BCUT2D eigenvalue weighted by Crippen LogP contribution is -2.38. The van der Waals surface area contributed by atoms with Crippen LogP contribution in [0.1, 0.15) is 18.9 Å². The zero-order valence-corrected chi connectivity index (χ0v) is 9.61. The summed E-state index contributed by atoms with van der Waals surface area (Å²) in [6, 6.07) is 2.00. The quantitative estimate of drug-likeness (QED) is 0.738. The Morgan fingerprint density at radius 3 is 3.12 bits per heavy atom. The standard InChI is InChI=1S/C12H18N2O2/c1-2-4-13-6-10-3-5-14-7-12(10)16-11-8-15-9-11/h3,5,7,11,13H,2,4,6,8-9H2,1H3. The van der Waals surface area contributed by atoms with E-state index >= 15 is 0 Å². The van der Waals surface area contributed by atoms with E-state index < -0.39 is 0 Å². The molecule has 2 rings (SSSR count). The number of nitrogens with zero attached hydrogens (tertiary/aromatic N) is 1. The second kappa shape index (κ2) is 5.82. The fraction of sp³-hybridized carbons (Fsp3) is 0.583. The largest absolute Gasteiger partial charge is 0.484 e. The Kier molecular flexibility index (Phi) is 4.13. The first kappa shape index (κ1) is 11.4. The molecule has 1 aromatic heterocycles. The minimum Gasteiger partial charge on any atom is -0.484 e. The molecule has 1 fully saturated rings. The molecule has 1 aromatic rings. The van der Waals surface area contributed by atoms with Crippen LogP contribution < -0.4 is 10.1 Å². The summed E-state index contributed by atoms with van der Waals surface area (Å²) >= 11 is 0. The average molecular weight is 222 g/mol. The molecule has 0 spiro atoms. The van der Waals surface area contributed by atoms with Crippen molar-refractivity contribution < 1.29 is 9.47 Å². The van der Waals surface area contributed by atoms with Gasteiger partial charge in [-0.3, -0.25) is 4.98 Å². The van der Waals surface area contributed by atoms with E-state index in [1.54, 1.807) is 12.4 Å². The molecule has 2 heterocycles. The number of nitrogens with one attached hydrogen (secondary N) is 1. The van der Waals surface area contributed by atoms with Crippen molar-refractivity contribution in [3.05, 3.63) is 24.0 Å². The minimum atomic E-state index is 0.203. The van der Waals surface area contributed by atoms with Gasteiger partial charge in [-0.15, -0.1) is 0 Å². The van der Waals surface area contributed by atoms with Gasteiger partial charge in [-0.1, -0.05) is 6.92 Å². The third kappa shape index (κ3) is 2.93. The van der Waals surface area contributed by atoms with Crippen LogP contribution in [0.5, 0.6) is 5.75 Å². The highest BCUT2D eigenvalue weighted by Gasteiger charge is 2.21. The number of ether oxygens (including phenoxy) is 2. The number of hydrogen-bond acceptors (Lipinski definition) is 4.